The number of ether oxygens (including phenoxy) is 10. The van der Waals surface area contributed by atoms with Crippen molar-refractivity contribution in [3.63, 3.8) is 0 Å². The summed E-state index contributed by atoms with van der Waals surface area (Å²) >= 11 is 0. The van der Waals surface area contributed by atoms with Crippen LogP contribution in [0, 0.1) is 0 Å². The van der Waals surface area contributed by atoms with E-state index in [0.29, 0.717) is 63.5 Å². The molecule has 12 nitrogen and oxygen atoms in total. The van der Waals surface area contributed by atoms with Crippen molar-refractivity contribution in [1.82, 2.24) is 0 Å². The summed E-state index contributed by atoms with van der Waals surface area (Å²) in [7, 11) is 0. The molecule has 78 heavy (non-hydrogen) atoms. The van der Waals surface area contributed by atoms with Gasteiger partial charge in [0.1, 0.15) is 43.7 Å². The van der Waals surface area contributed by atoms with Crippen LogP contribution >= 0.6 is 0 Å². The van der Waals surface area contributed by atoms with E-state index in [1.807, 2.05) is 72.8 Å². The van der Waals surface area contributed by atoms with Crippen LogP contribution in [-0.4, -0.2) is 83.8 Å². The SMILES string of the molecule is CCCCCCCCCCOc1ccc(COc2cc(C(=O)OCCOCCOCCOCCO)cc(OCc3ccc(OCCCCCCCCCC)cc3)c2OCc2ccc(OCCCCCCCCCC)cc2)cc1. The summed E-state index contributed by atoms with van der Waals surface area (Å²) in [4.78, 5) is 13.8. The lowest BCUT2D eigenvalue weighted by molar-refractivity contribution is -0.00315. The van der Waals surface area contributed by atoms with Crippen molar-refractivity contribution in [2.75, 3.05) is 72.7 Å². The molecular formula is C66H100O12. The fourth-order valence-electron chi connectivity index (χ4n) is 8.74. The summed E-state index contributed by atoms with van der Waals surface area (Å²) in [5.74, 6) is 2.93. The van der Waals surface area contributed by atoms with Gasteiger partial charge in [0.05, 0.1) is 71.6 Å². The van der Waals surface area contributed by atoms with Crippen LogP contribution in [0.4, 0.5) is 0 Å². The van der Waals surface area contributed by atoms with E-state index < -0.39 is 5.97 Å². The van der Waals surface area contributed by atoms with Crippen LogP contribution < -0.4 is 28.4 Å². The number of carbonyl (C=O) groups is 1. The van der Waals surface area contributed by atoms with Crippen molar-refractivity contribution in [1.29, 1.82) is 0 Å². The molecule has 0 saturated carbocycles. The minimum atomic E-state index is -0.560. The molecule has 0 aliphatic rings. The van der Waals surface area contributed by atoms with Crippen molar-refractivity contribution in [3.05, 3.63) is 107 Å². The number of rotatable bonds is 51. The van der Waals surface area contributed by atoms with Gasteiger partial charge in [0.25, 0.3) is 0 Å². The quantitative estimate of drug-likeness (QED) is 0.0334. The third kappa shape index (κ3) is 31.0. The first-order chi connectivity index (χ1) is 38.5. The highest BCUT2D eigenvalue weighted by atomic mass is 16.6. The minimum absolute atomic E-state index is 0.0262. The number of hydrogen-bond acceptors (Lipinski definition) is 12. The summed E-state index contributed by atoms with van der Waals surface area (Å²) in [5, 5.41) is 8.87. The highest BCUT2D eigenvalue weighted by Gasteiger charge is 2.21. The maximum Gasteiger partial charge on any atom is 0.338 e. The summed E-state index contributed by atoms with van der Waals surface area (Å²) in [6.07, 6.45) is 30.0. The summed E-state index contributed by atoms with van der Waals surface area (Å²) in [6, 6.07) is 27.2. The number of esters is 1. The molecule has 0 saturated heterocycles. The molecule has 0 spiro atoms. The van der Waals surface area contributed by atoms with Crippen LogP contribution in [0.25, 0.3) is 0 Å². The molecule has 1 N–H and O–H groups in total. The number of carbonyl (C=O) groups excluding carboxylic acids is 1. The molecule has 4 aromatic rings. The van der Waals surface area contributed by atoms with Crippen molar-refractivity contribution < 1.29 is 57.3 Å². The summed E-state index contributed by atoms with van der Waals surface area (Å²) in [6.45, 7) is 11.4. The smallest absolute Gasteiger partial charge is 0.338 e. The molecule has 12 heteroatoms. The second-order valence-corrected chi connectivity index (χ2v) is 20.3. The molecule has 4 rings (SSSR count). The molecule has 4 aromatic carbocycles. The Bertz CT molecular complexity index is 1950. The first kappa shape index (κ1) is 65.5. The van der Waals surface area contributed by atoms with Gasteiger partial charge in [0, 0.05) is 0 Å². The van der Waals surface area contributed by atoms with E-state index in [9.17, 15) is 4.79 Å². The standard InChI is InChI=1S/C66H100O12/c1-4-7-10-13-16-19-22-25-41-72-60-34-28-56(29-35-60)53-76-63-51-59(66(68)75-50-49-71-48-47-70-46-45-69-44-40-67)52-64(77-54-57-30-36-61(37-31-57)73-42-26-23-20-17-14-11-8-5-2)65(63)78-55-58-32-38-62(39-33-58)74-43-27-24-21-18-15-12-9-6-3/h28-39,51-52,67H,4-27,40-50,53-55H2,1-3H3. The van der Waals surface area contributed by atoms with Gasteiger partial charge in [-0.05, 0) is 84.5 Å². The number of benzene rings is 4. The van der Waals surface area contributed by atoms with Gasteiger partial charge in [-0.1, -0.05) is 192 Å². The Labute approximate surface area is 470 Å². The van der Waals surface area contributed by atoms with Crippen LogP contribution in [-0.2, 0) is 38.8 Å². The lowest BCUT2D eigenvalue weighted by Gasteiger charge is -2.19. The van der Waals surface area contributed by atoms with Gasteiger partial charge >= 0.3 is 5.97 Å². The van der Waals surface area contributed by atoms with Crippen molar-refractivity contribution in [2.24, 2.45) is 0 Å². The molecular weight excluding hydrogens is 985 g/mol. The van der Waals surface area contributed by atoms with Gasteiger partial charge in [-0.25, -0.2) is 4.79 Å². The van der Waals surface area contributed by atoms with E-state index >= 15 is 0 Å². The van der Waals surface area contributed by atoms with E-state index in [1.54, 1.807) is 12.1 Å². The lowest BCUT2D eigenvalue weighted by Crippen LogP contribution is -2.15. The Hall–Kier alpha value is -5.01. The molecule has 0 aliphatic heterocycles. The minimum Gasteiger partial charge on any atom is -0.494 e. The van der Waals surface area contributed by atoms with E-state index in [4.69, 9.17) is 52.5 Å². The molecule has 0 amide bonds. The molecule has 0 bridgehead atoms. The third-order valence-electron chi connectivity index (χ3n) is 13.4. The van der Waals surface area contributed by atoms with Gasteiger partial charge in [0.2, 0.25) is 5.75 Å². The Morgan fingerprint density at radius 1 is 0.346 bits per heavy atom. The van der Waals surface area contributed by atoms with E-state index in [1.165, 1.54) is 135 Å². The second kappa shape index (κ2) is 44.8. The van der Waals surface area contributed by atoms with Gasteiger partial charge in [0.15, 0.2) is 11.5 Å². The third-order valence-corrected chi connectivity index (χ3v) is 13.4. The van der Waals surface area contributed by atoms with Crippen molar-refractivity contribution in [3.8, 4) is 34.5 Å². The van der Waals surface area contributed by atoms with Crippen molar-refractivity contribution >= 4 is 5.97 Å². The number of aliphatic hydroxyl groups excluding tert-OH is 1. The molecule has 0 radical (unpaired) electrons. The number of aliphatic hydroxyl groups is 1. The molecule has 0 unspecified atom stereocenters. The second-order valence-electron chi connectivity index (χ2n) is 20.3. The normalized spacial score (nSPS) is 11.2. The maximum absolute atomic E-state index is 13.8. The summed E-state index contributed by atoms with van der Waals surface area (Å²) in [5.41, 5.74) is 3.01. The topological polar surface area (TPSA) is 130 Å². The fourth-order valence-corrected chi connectivity index (χ4v) is 8.74. The van der Waals surface area contributed by atoms with Gasteiger partial charge in [-0.2, -0.15) is 0 Å². The Kier molecular flexibility index (Phi) is 37.6. The van der Waals surface area contributed by atoms with Crippen LogP contribution in [0.1, 0.15) is 202 Å². The van der Waals surface area contributed by atoms with Crippen LogP contribution in [0.2, 0.25) is 0 Å². The van der Waals surface area contributed by atoms with Crippen LogP contribution in [0.3, 0.4) is 0 Å². The van der Waals surface area contributed by atoms with Crippen LogP contribution in [0.15, 0.2) is 84.9 Å². The molecule has 0 atom stereocenters. The largest absolute Gasteiger partial charge is 0.494 e. The van der Waals surface area contributed by atoms with Gasteiger partial charge in [-0.3, -0.25) is 0 Å². The Balaban J connectivity index is 1.46. The highest BCUT2D eigenvalue weighted by molar-refractivity contribution is 5.91. The predicted molar refractivity (Wildman–Crippen MR) is 313 cm³/mol. The predicted octanol–water partition coefficient (Wildman–Crippen LogP) is 16.2. The summed E-state index contributed by atoms with van der Waals surface area (Å²) < 4.78 is 60.2. The molecule has 0 aliphatic carbocycles. The van der Waals surface area contributed by atoms with E-state index in [2.05, 4.69) is 20.8 Å². The zero-order chi connectivity index (χ0) is 55.2. The van der Waals surface area contributed by atoms with E-state index in [0.717, 1.165) is 53.2 Å². The molecule has 436 valence electrons. The average molecular weight is 1090 g/mol. The Morgan fingerprint density at radius 2 is 0.654 bits per heavy atom. The number of hydrogen-bond donors (Lipinski definition) is 1. The average Bonchev–Trinajstić information content (AvgIpc) is 3.47. The zero-order valence-electron chi connectivity index (χ0n) is 48.4. The number of unbranched alkanes of at least 4 members (excludes halogenated alkanes) is 21. The lowest BCUT2D eigenvalue weighted by atomic mass is 10.1. The Morgan fingerprint density at radius 3 is 1.00 bits per heavy atom. The van der Waals surface area contributed by atoms with Gasteiger partial charge in [-0.15, -0.1) is 0 Å². The van der Waals surface area contributed by atoms with E-state index in [-0.39, 0.29) is 51.8 Å². The first-order valence-corrected chi connectivity index (χ1v) is 30.3. The fraction of sp³-hybridized carbons (Fsp3) is 0.621. The molecule has 0 aromatic heterocycles. The van der Waals surface area contributed by atoms with Gasteiger partial charge < -0.3 is 52.5 Å². The molecule has 0 fully saturated rings. The highest BCUT2D eigenvalue weighted by Crippen LogP contribution is 2.41. The maximum atomic E-state index is 13.8. The van der Waals surface area contributed by atoms with Crippen LogP contribution in [0.5, 0.6) is 34.5 Å². The molecule has 0 heterocycles. The zero-order valence-corrected chi connectivity index (χ0v) is 48.4. The monoisotopic (exact) mass is 1080 g/mol. The first-order valence-electron chi connectivity index (χ1n) is 30.3. The van der Waals surface area contributed by atoms with Crippen molar-refractivity contribution in [2.45, 2.75) is 195 Å².